The number of nitrogens with zero attached hydrogens (tertiary/aromatic N) is 1. The van der Waals surface area contributed by atoms with E-state index in [0.29, 0.717) is 30.7 Å². The van der Waals surface area contributed by atoms with E-state index in [4.69, 9.17) is 4.74 Å². The van der Waals surface area contributed by atoms with E-state index in [2.05, 4.69) is 70.3 Å². The fourth-order valence-electron chi connectivity index (χ4n) is 3.46. The first-order valence-corrected chi connectivity index (χ1v) is 11.9. The summed E-state index contributed by atoms with van der Waals surface area (Å²) in [6, 6.07) is 13.5. The minimum absolute atomic E-state index is 0.00176. The van der Waals surface area contributed by atoms with Crippen molar-refractivity contribution in [3.05, 3.63) is 59.2 Å². The molecule has 0 unspecified atom stereocenters. The van der Waals surface area contributed by atoms with Crippen LogP contribution in [0.1, 0.15) is 90.8 Å². The number of benzene rings is 2. The van der Waals surface area contributed by atoms with Crippen molar-refractivity contribution < 1.29 is 14.6 Å². The number of nitrogens with one attached hydrogen (secondary N) is 1. The molecule has 1 amide bonds. The Morgan fingerprint density at radius 3 is 2.33 bits per heavy atom. The molecule has 2 aromatic rings. The number of rotatable bonds is 11. The highest BCUT2D eigenvalue weighted by molar-refractivity contribution is 6.01. The minimum atomic E-state index is -0.178. The number of aromatic hydroxyl groups is 1. The summed E-state index contributed by atoms with van der Waals surface area (Å²) in [4.78, 5) is 12.2. The summed E-state index contributed by atoms with van der Waals surface area (Å²) in [5.74, 6) is 0.856. The molecule has 2 rings (SSSR count). The number of para-hydroxylation sites is 1. The lowest BCUT2D eigenvalue weighted by atomic mass is 9.76. The van der Waals surface area contributed by atoms with Crippen LogP contribution in [0.3, 0.4) is 0 Å². The summed E-state index contributed by atoms with van der Waals surface area (Å²) in [5.41, 5.74) is 6.38. The monoisotopic (exact) mass is 452 g/mol. The third-order valence-corrected chi connectivity index (χ3v) is 6.71. The van der Waals surface area contributed by atoms with Crippen LogP contribution in [-0.2, 0) is 15.6 Å². The first kappa shape index (κ1) is 26.4. The predicted octanol–water partition coefficient (Wildman–Crippen LogP) is 6.47. The van der Waals surface area contributed by atoms with Crippen LogP contribution in [0.25, 0.3) is 0 Å². The second-order valence-electron chi connectivity index (χ2n) is 9.89. The van der Waals surface area contributed by atoms with Gasteiger partial charge in [0, 0.05) is 17.5 Å². The number of hydrogen-bond acceptors (Lipinski definition) is 4. The van der Waals surface area contributed by atoms with E-state index in [1.165, 1.54) is 11.1 Å². The number of phenols is 1. The topological polar surface area (TPSA) is 70.9 Å². The number of hydrazone groups is 1. The lowest BCUT2D eigenvalue weighted by Gasteiger charge is -2.30. The number of carbonyl (C=O) groups excluding carboxylic acids is 1. The Morgan fingerprint density at radius 2 is 1.70 bits per heavy atom. The van der Waals surface area contributed by atoms with Crippen molar-refractivity contribution in [2.45, 2.75) is 85.0 Å². The lowest BCUT2D eigenvalue weighted by molar-refractivity contribution is -0.121. The number of carbonyl (C=O) groups is 1. The van der Waals surface area contributed by atoms with Gasteiger partial charge in [-0.1, -0.05) is 65.8 Å². The van der Waals surface area contributed by atoms with Crippen LogP contribution in [0, 0.1) is 0 Å². The van der Waals surface area contributed by atoms with E-state index in [9.17, 15) is 9.90 Å². The predicted molar refractivity (Wildman–Crippen MR) is 136 cm³/mol. The molecule has 2 aromatic carbocycles. The molecule has 0 saturated carbocycles. The molecule has 0 aliphatic heterocycles. The van der Waals surface area contributed by atoms with E-state index in [0.717, 1.165) is 18.6 Å². The van der Waals surface area contributed by atoms with Gasteiger partial charge in [0.1, 0.15) is 11.5 Å². The molecule has 2 N–H and O–H groups in total. The zero-order valence-electron chi connectivity index (χ0n) is 21.3. The van der Waals surface area contributed by atoms with Gasteiger partial charge in [0.25, 0.3) is 0 Å². The molecule has 0 saturated heterocycles. The van der Waals surface area contributed by atoms with E-state index in [-0.39, 0.29) is 22.5 Å². The molecular formula is C28H40N2O3. The average Bonchev–Trinajstić information content (AvgIpc) is 2.80. The number of phenolic OH excluding ortho intramolecular Hbond substituents is 1. The second-order valence-corrected chi connectivity index (χ2v) is 9.89. The number of ether oxygens (including phenoxy) is 1. The van der Waals surface area contributed by atoms with E-state index >= 15 is 0 Å². The van der Waals surface area contributed by atoms with Gasteiger partial charge in [-0.25, -0.2) is 5.43 Å². The van der Waals surface area contributed by atoms with Crippen LogP contribution in [-0.4, -0.2) is 23.3 Å². The Hall–Kier alpha value is -2.82. The second kappa shape index (κ2) is 11.4. The lowest BCUT2D eigenvalue weighted by Crippen LogP contribution is -2.22. The van der Waals surface area contributed by atoms with Crippen molar-refractivity contribution in [3.63, 3.8) is 0 Å². The zero-order valence-corrected chi connectivity index (χ0v) is 21.3. The summed E-state index contributed by atoms with van der Waals surface area (Å²) in [5, 5.41) is 14.0. The van der Waals surface area contributed by atoms with Crippen LogP contribution >= 0.6 is 0 Å². The summed E-state index contributed by atoms with van der Waals surface area (Å²) < 4.78 is 6.14. The molecule has 5 nitrogen and oxygen atoms in total. The van der Waals surface area contributed by atoms with Gasteiger partial charge in [0.2, 0.25) is 5.91 Å². The summed E-state index contributed by atoms with van der Waals surface area (Å²) in [6.45, 7) is 15.7. The SMILES string of the molecule is CCC(C)(C)c1ccc(OCCCC(=O)N/N=C(\C)c2ccccc2O)c(C(C)(C)CC)c1. The molecule has 5 heteroatoms. The van der Waals surface area contributed by atoms with E-state index in [1.54, 1.807) is 25.1 Å². The van der Waals surface area contributed by atoms with Crippen molar-refractivity contribution in [2.24, 2.45) is 5.10 Å². The first-order valence-electron chi connectivity index (χ1n) is 11.9. The van der Waals surface area contributed by atoms with Gasteiger partial charge in [-0.15, -0.1) is 0 Å². The largest absolute Gasteiger partial charge is 0.507 e. The smallest absolute Gasteiger partial charge is 0.240 e. The number of amides is 1. The van der Waals surface area contributed by atoms with Crippen LogP contribution in [0.4, 0.5) is 0 Å². The Balaban J connectivity index is 1.97. The molecule has 0 fully saturated rings. The Morgan fingerprint density at radius 1 is 1.03 bits per heavy atom. The Labute approximate surface area is 199 Å². The molecule has 0 aliphatic carbocycles. The molecule has 0 bridgehead atoms. The molecule has 0 aromatic heterocycles. The normalized spacial score (nSPS) is 12.5. The average molecular weight is 453 g/mol. The Bertz CT molecular complexity index is 977. The van der Waals surface area contributed by atoms with Crippen LogP contribution in [0.2, 0.25) is 0 Å². The summed E-state index contributed by atoms with van der Waals surface area (Å²) in [6.07, 6.45) is 2.98. The highest BCUT2D eigenvalue weighted by Crippen LogP contribution is 2.38. The molecule has 33 heavy (non-hydrogen) atoms. The first-order chi connectivity index (χ1) is 15.5. The highest BCUT2D eigenvalue weighted by Gasteiger charge is 2.26. The molecular weight excluding hydrogens is 412 g/mol. The van der Waals surface area contributed by atoms with Crippen molar-refractivity contribution in [3.8, 4) is 11.5 Å². The molecule has 0 radical (unpaired) electrons. The van der Waals surface area contributed by atoms with Gasteiger partial charge in [-0.2, -0.15) is 5.10 Å². The van der Waals surface area contributed by atoms with Gasteiger partial charge < -0.3 is 9.84 Å². The fraction of sp³-hybridized carbons (Fsp3) is 0.500. The maximum atomic E-state index is 12.2. The molecule has 0 spiro atoms. The van der Waals surface area contributed by atoms with Gasteiger partial charge in [-0.05, 0) is 60.8 Å². The molecule has 180 valence electrons. The molecule has 0 atom stereocenters. The van der Waals surface area contributed by atoms with Crippen molar-refractivity contribution >= 4 is 11.6 Å². The third kappa shape index (κ3) is 7.08. The van der Waals surface area contributed by atoms with Gasteiger partial charge in [0.15, 0.2) is 0 Å². The minimum Gasteiger partial charge on any atom is -0.507 e. The number of hydrogen-bond donors (Lipinski definition) is 2. The maximum Gasteiger partial charge on any atom is 0.240 e. The van der Waals surface area contributed by atoms with Crippen molar-refractivity contribution in [1.29, 1.82) is 0 Å². The van der Waals surface area contributed by atoms with Crippen LogP contribution < -0.4 is 10.2 Å². The van der Waals surface area contributed by atoms with Crippen molar-refractivity contribution in [1.82, 2.24) is 5.43 Å². The standard InChI is InChI=1S/C28H40N2O3/c1-8-27(4,5)21-16-17-25(23(19-21)28(6,7)9-2)33-18-12-15-26(32)30-29-20(3)22-13-10-11-14-24(22)31/h10-11,13-14,16-17,19,31H,8-9,12,15,18H2,1-7H3,(H,30,32)/b29-20+. The van der Waals surface area contributed by atoms with Gasteiger partial charge in [0.05, 0.1) is 12.3 Å². The zero-order chi connectivity index (χ0) is 24.6. The van der Waals surface area contributed by atoms with E-state index in [1.807, 2.05) is 6.07 Å². The highest BCUT2D eigenvalue weighted by atomic mass is 16.5. The quantitative estimate of drug-likeness (QED) is 0.233. The van der Waals surface area contributed by atoms with Crippen LogP contribution in [0.15, 0.2) is 47.6 Å². The summed E-state index contributed by atoms with van der Waals surface area (Å²) >= 11 is 0. The Kier molecular flexibility index (Phi) is 9.09. The van der Waals surface area contributed by atoms with Crippen LogP contribution in [0.5, 0.6) is 11.5 Å². The summed E-state index contributed by atoms with van der Waals surface area (Å²) in [7, 11) is 0. The third-order valence-electron chi connectivity index (χ3n) is 6.71. The van der Waals surface area contributed by atoms with E-state index < -0.39 is 0 Å². The van der Waals surface area contributed by atoms with Gasteiger partial charge in [-0.3, -0.25) is 4.79 Å². The molecule has 0 aliphatic rings. The van der Waals surface area contributed by atoms with Crippen molar-refractivity contribution in [2.75, 3.05) is 6.61 Å². The fourth-order valence-corrected chi connectivity index (χ4v) is 3.46. The molecule has 0 heterocycles. The van der Waals surface area contributed by atoms with Gasteiger partial charge >= 0.3 is 0 Å². The maximum absolute atomic E-state index is 12.2.